The second-order valence-electron chi connectivity index (χ2n) is 10.2. The van der Waals surface area contributed by atoms with Crippen LogP contribution in [0.1, 0.15) is 38.7 Å². The molecule has 1 N–H and O–H groups in total. The van der Waals surface area contributed by atoms with Gasteiger partial charge in [-0.25, -0.2) is 12.8 Å². The molecule has 0 saturated carbocycles. The van der Waals surface area contributed by atoms with Crippen molar-refractivity contribution in [2.24, 2.45) is 0 Å². The first kappa shape index (κ1) is 31.8. The van der Waals surface area contributed by atoms with Crippen molar-refractivity contribution in [1.29, 1.82) is 0 Å². The highest BCUT2D eigenvalue weighted by atomic mass is 32.2. The van der Waals surface area contributed by atoms with Crippen LogP contribution in [0, 0.1) is 5.82 Å². The third-order valence-corrected chi connectivity index (χ3v) is 8.96. The Morgan fingerprint density at radius 3 is 2.33 bits per heavy atom. The van der Waals surface area contributed by atoms with Crippen molar-refractivity contribution in [2.75, 3.05) is 37.2 Å². The zero-order chi connectivity index (χ0) is 30.8. The SMILES string of the molecule is CCCCNC(=O)[C@H](CC)N(CCc1ccccc1)C(=O)CN(c1ccc(F)cc1)S(=O)(=O)c1ccc2c(c1)OCCO2. The van der Waals surface area contributed by atoms with Gasteiger partial charge in [-0.3, -0.25) is 13.9 Å². The van der Waals surface area contributed by atoms with Gasteiger partial charge in [-0.2, -0.15) is 0 Å². The van der Waals surface area contributed by atoms with Crippen LogP contribution in [0.2, 0.25) is 0 Å². The summed E-state index contributed by atoms with van der Waals surface area (Å²) in [5.74, 6) is -0.705. The molecule has 0 fully saturated rings. The van der Waals surface area contributed by atoms with E-state index in [-0.39, 0.29) is 35.4 Å². The smallest absolute Gasteiger partial charge is 0.264 e. The zero-order valence-corrected chi connectivity index (χ0v) is 25.3. The summed E-state index contributed by atoms with van der Waals surface area (Å²) < 4.78 is 54.1. The highest BCUT2D eigenvalue weighted by Crippen LogP contribution is 2.34. The van der Waals surface area contributed by atoms with E-state index in [1.165, 1.54) is 35.2 Å². The van der Waals surface area contributed by atoms with Crippen LogP contribution in [0.3, 0.4) is 0 Å². The number of benzene rings is 3. The Morgan fingerprint density at radius 1 is 0.953 bits per heavy atom. The summed E-state index contributed by atoms with van der Waals surface area (Å²) in [5, 5.41) is 2.91. The van der Waals surface area contributed by atoms with E-state index in [0.717, 1.165) is 34.8 Å². The molecule has 3 aromatic rings. The summed E-state index contributed by atoms with van der Waals surface area (Å²) in [6.07, 6.45) is 2.51. The number of carbonyl (C=O) groups excluding carboxylic acids is 2. The monoisotopic (exact) mass is 611 g/mol. The van der Waals surface area contributed by atoms with E-state index in [1.54, 1.807) is 0 Å². The normalized spacial score (nSPS) is 13.2. The van der Waals surface area contributed by atoms with E-state index in [2.05, 4.69) is 5.32 Å². The van der Waals surface area contributed by atoms with Crippen LogP contribution in [0.5, 0.6) is 11.5 Å². The second kappa shape index (κ2) is 14.9. The Hall–Kier alpha value is -4.12. The number of rotatable bonds is 14. The summed E-state index contributed by atoms with van der Waals surface area (Å²) >= 11 is 0. The molecule has 3 aromatic carbocycles. The van der Waals surface area contributed by atoms with Crippen molar-refractivity contribution in [3.63, 3.8) is 0 Å². The molecule has 0 aliphatic carbocycles. The lowest BCUT2D eigenvalue weighted by molar-refractivity contribution is -0.139. The minimum Gasteiger partial charge on any atom is -0.486 e. The number of carbonyl (C=O) groups is 2. The number of anilines is 1. The number of hydrogen-bond acceptors (Lipinski definition) is 6. The zero-order valence-electron chi connectivity index (χ0n) is 24.5. The fourth-order valence-corrected chi connectivity index (χ4v) is 6.28. The second-order valence-corrected chi connectivity index (χ2v) is 12.0. The van der Waals surface area contributed by atoms with Crippen LogP contribution in [0.25, 0.3) is 0 Å². The number of amides is 2. The first-order valence-electron chi connectivity index (χ1n) is 14.5. The number of halogens is 1. The van der Waals surface area contributed by atoms with Crippen molar-refractivity contribution in [3.8, 4) is 11.5 Å². The van der Waals surface area contributed by atoms with Gasteiger partial charge in [-0.15, -0.1) is 0 Å². The molecule has 0 radical (unpaired) electrons. The topological polar surface area (TPSA) is 105 Å². The maximum atomic E-state index is 14.1. The van der Waals surface area contributed by atoms with E-state index in [9.17, 15) is 22.4 Å². The number of sulfonamides is 1. The summed E-state index contributed by atoms with van der Waals surface area (Å²) in [7, 11) is -4.34. The number of fused-ring (bicyclic) bond motifs is 1. The van der Waals surface area contributed by atoms with E-state index in [0.29, 0.717) is 31.7 Å². The molecule has 1 aliphatic rings. The Labute approximate surface area is 252 Å². The average molecular weight is 612 g/mol. The lowest BCUT2D eigenvalue weighted by atomic mass is 10.1. The lowest BCUT2D eigenvalue weighted by Crippen LogP contribution is -2.53. The standard InChI is InChI=1S/C32H38FN3O6S/c1-3-5-18-34-32(38)28(4-2)35(19-17-24-9-7-6-8-10-24)31(37)23-36(26-13-11-25(33)12-14-26)43(39,40)27-15-16-29-30(22-27)42-21-20-41-29/h6-16,22,28H,3-5,17-21,23H2,1-2H3,(H,34,38)/t28-/m0/s1. The van der Waals surface area contributed by atoms with Crippen LogP contribution in [0.15, 0.2) is 77.7 Å². The molecule has 43 heavy (non-hydrogen) atoms. The average Bonchev–Trinajstić information content (AvgIpc) is 3.02. The highest BCUT2D eigenvalue weighted by molar-refractivity contribution is 7.92. The van der Waals surface area contributed by atoms with Gasteiger partial charge in [0.25, 0.3) is 10.0 Å². The number of nitrogens with one attached hydrogen (secondary N) is 1. The van der Waals surface area contributed by atoms with E-state index < -0.39 is 34.3 Å². The van der Waals surface area contributed by atoms with Gasteiger partial charge in [0, 0.05) is 19.2 Å². The largest absolute Gasteiger partial charge is 0.486 e. The van der Waals surface area contributed by atoms with Crippen molar-refractivity contribution in [2.45, 2.75) is 50.5 Å². The fraction of sp³-hybridized carbons (Fsp3) is 0.375. The molecule has 0 saturated heterocycles. The number of hydrogen-bond donors (Lipinski definition) is 1. The van der Waals surface area contributed by atoms with Crippen molar-refractivity contribution in [1.82, 2.24) is 10.2 Å². The van der Waals surface area contributed by atoms with E-state index in [1.807, 2.05) is 44.2 Å². The van der Waals surface area contributed by atoms with Crippen LogP contribution in [-0.4, -0.2) is 64.0 Å². The first-order valence-corrected chi connectivity index (χ1v) is 16.0. The Morgan fingerprint density at radius 2 is 1.65 bits per heavy atom. The van der Waals surface area contributed by atoms with Crippen LogP contribution < -0.4 is 19.1 Å². The molecule has 1 aliphatic heterocycles. The minimum atomic E-state index is -4.34. The van der Waals surface area contributed by atoms with Crippen LogP contribution in [-0.2, 0) is 26.0 Å². The summed E-state index contributed by atoms with van der Waals surface area (Å²) in [5.41, 5.74) is 1.08. The maximum Gasteiger partial charge on any atom is 0.264 e. The quantitative estimate of drug-likeness (QED) is 0.268. The summed E-state index contributed by atoms with van der Waals surface area (Å²) in [6, 6.07) is 17.9. The van der Waals surface area contributed by atoms with E-state index >= 15 is 0 Å². The Bertz CT molecular complexity index is 1480. The number of nitrogens with zero attached hydrogens (tertiary/aromatic N) is 2. The molecule has 0 aromatic heterocycles. The van der Waals surface area contributed by atoms with Gasteiger partial charge in [-0.05, 0) is 61.2 Å². The third-order valence-electron chi connectivity index (χ3n) is 7.19. The molecular weight excluding hydrogens is 573 g/mol. The van der Waals surface area contributed by atoms with Gasteiger partial charge < -0.3 is 19.7 Å². The summed E-state index contributed by atoms with van der Waals surface area (Å²) in [4.78, 5) is 28.7. The molecule has 0 spiro atoms. The molecule has 11 heteroatoms. The maximum absolute atomic E-state index is 14.1. The Balaban J connectivity index is 1.68. The van der Waals surface area contributed by atoms with Crippen molar-refractivity contribution in [3.05, 3.63) is 84.2 Å². The fourth-order valence-electron chi connectivity index (χ4n) is 4.85. The molecule has 0 unspecified atom stereocenters. The Kier molecular flexibility index (Phi) is 11.0. The van der Waals surface area contributed by atoms with Crippen molar-refractivity contribution < 1.29 is 31.9 Å². The number of unbranched alkanes of at least 4 members (excludes halogenated alkanes) is 1. The van der Waals surface area contributed by atoms with Gasteiger partial charge >= 0.3 is 0 Å². The van der Waals surface area contributed by atoms with Gasteiger partial charge in [0.1, 0.15) is 31.6 Å². The van der Waals surface area contributed by atoms with E-state index in [4.69, 9.17) is 9.47 Å². The molecule has 4 rings (SSSR count). The number of ether oxygens (including phenoxy) is 2. The molecular formula is C32H38FN3O6S. The van der Waals surface area contributed by atoms with Crippen LogP contribution >= 0.6 is 0 Å². The molecule has 9 nitrogen and oxygen atoms in total. The molecule has 230 valence electrons. The predicted octanol–water partition coefficient (Wildman–Crippen LogP) is 4.56. The van der Waals surface area contributed by atoms with Crippen molar-refractivity contribution >= 4 is 27.5 Å². The first-order chi connectivity index (χ1) is 20.7. The third kappa shape index (κ3) is 8.04. The molecule has 1 heterocycles. The molecule has 1 atom stereocenters. The molecule has 0 bridgehead atoms. The van der Waals surface area contributed by atoms with Crippen LogP contribution in [0.4, 0.5) is 10.1 Å². The highest BCUT2D eigenvalue weighted by Gasteiger charge is 2.34. The van der Waals surface area contributed by atoms with Gasteiger partial charge in [0.15, 0.2) is 11.5 Å². The van der Waals surface area contributed by atoms with Gasteiger partial charge in [-0.1, -0.05) is 50.6 Å². The molecule has 2 amide bonds. The lowest BCUT2D eigenvalue weighted by Gasteiger charge is -2.33. The summed E-state index contributed by atoms with van der Waals surface area (Å²) in [6.45, 7) is 4.53. The predicted molar refractivity (Wildman–Crippen MR) is 162 cm³/mol. The van der Waals surface area contributed by atoms with Gasteiger partial charge in [0.2, 0.25) is 11.8 Å². The van der Waals surface area contributed by atoms with Gasteiger partial charge in [0.05, 0.1) is 10.6 Å². The minimum absolute atomic E-state index is 0.105.